The maximum absolute atomic E-state index is 4.49. The number of hydrogen-bond donors (Lipinski definition) is 1. The zero-order chi connectivity index (χ0) is 9.68. The zero-order valence-electron chi connectivity index (χ0n) is 8.51. The molecular formula is C12H18S. The Morgan fingerprint density at radius 3 is 2.62 bits per heavy atom. The topological polar surface area (TPSA) is 0 Å². The third-order valence-electron chi connectivity index (χ3n) is 2.41. The predicted octanol–water partition coefficient (Wildman–Crippen LogP) is 3.88. The molecule has 0 nitrogen and oxygen atoms in total. The van der Waals surface area contributed by atoms with E-state index in [2.05, 4.69) is 44.7 Å². The Morgan fingerprint density at radius 1 is 1.23 bits per heavy atom. The Kier molecular flexibility index (Phi) is 4.37. The molecule has 0 saturated heterocycles. The molecule has 13 heavy (non-hydrogen) atoms. The molecule has 72 valence electrons. The van der Waals surface area contributed by atoms with Crippen molar-refractivity contribution in [3.05, 3.63) is 29.3 Å². The van der Waals surface area contributed by atoms with Crippen molar-refractivity contribution in [3.8, 4) is 0 Å². The zero-order valence-corrected chi connectivity index (χ0v) is 9.40. The fourth-order valence-corrected chi connectivity index (χ4v) is 1.94. The standard InChI is InChI=1S/C12H18S/c1-3-5-8-11-10(4-2)7-6-9-12(11)13/h6-7,9,13H,3-5,8H2,1-2H3. The van der Waals surface area contributed by atoms with E-state index in [4.69, 9.17) is 0 Å². The van der Waals surface area contributed by atoms with Crippen LogP contribution in [0.2, 0.25) is 0 Å². The van der Waals surface area contributed by atoms with Crippen LogP contribution in [0.4, 0.5) is 0 Å². The molecule has 1 rings (SSSR count). The summed E-state index contributed by atoms with van der Waals surface area (Å²) < 4.78 is 0. The minimum atomic E-state index is 1.12. The average molecular weight is 194 g/mol. The Bertz CT molecular complexity index is 266. The number of unbranched alkanes of at least 4 members (excludes halogenated alkanes) is 1. The van der Waals surface area contributed by atoms with E-state index >= 15 is 0 Å². The second-order valence-corrected chi connectivity index (χ2v) is 3.85. The maximum Gasteiger partial charge on any atom is 0.00747 e. The van der Waals surface area contributed by atoms with E-state index in [9.17, 15) is 0 Å². The number of hydrogen-bond acceptors (Lipinski definition) is 1. The highest BCUT2D eigenvalue weighted by Crippen LogP contribution is 2.21. The summed E-state index contributed by atoms with van der Waals surface area (Å²) in [5, 5.41) is 0. The van der Waals surface area contributed by atoms with Gasteiger partial charge in [-0.05, 0) is 36.5 Å². The molecule has 0 heterocycles. The van der Waals surface area contributed by atoms with Crippen LogP contribution < -0.4 is 0 Å². The molecule has 1 aromatic rings. The van der Waals surface area contributed by atoms with Gasteiger partial charge in [0.05, 0.1) is 0 Å². The first kappa shape index (κ1) is 10.6. The van der Waals surface area contributed by atoms with Gasteiger partial charge in [-0.3, -0.25) is 0 Å². The summed E-state index contributed by atoms with van der Waals surface area (Å²) in [6, 6.07) is 6.40. The van der Waals surface area contributed by atoms with Gasteiger partial charge in [-0.1, -0.05) is 32.4 Å². The van der Waals surface area contributed by atoms with E-state index in [1.54, 1.807) is 0 Å². The highest BCUT2D eigenvalue weighted by molar-refractivity contribution is 7.80. The van der Waals surface area contributed by atoms with Crippen molar-refractivity contribution in [1.82, 2.24) is 0 Å². The third-order valence-corrected chi connectivity index (χ3v) is 2.83. The molecular weight excluding hydrogens is 176 g/mol. The van der Waals surface area contributed by atoms with E-state index < -0.39 is 0 Å². The second kappa shape index (κ2) is 5.33. The molecule has 0 fully saturated rings. The third kappa shape index (κ3) is 2.77. The molecule has 0 saturated carbocycles. The van der Waals surface area contributed by atoms with E-state index in [0.29, 0.717) is 0 Å². The van der Waals surface area contributed by atoms with E-state index in [-0.39, 0.29) is 0 Å². The van der Waals surface area contributed by atoms with Crippen molar-refractivity contribution in [2.45, 2.75) is 44.4 Å². The molecule has 0 unspecified atom stereocenters. The lowest BCUT2D eigenvalue weighted by Gasteiger charge is -2.09. The average Bonchev–Trinajstić information content (AvgIpc) is 2.15. The summed E-state index contributed by atoms with van der Waals surface area (Å²) in [6.07, 6.45) is 4.82. The lowest BCUT2D eigenvalue weighted by Crippen LogP contribution is -1.94. The highest BCUT2D eigenvalue weighted by atomic mass is 32.1. The van der Waals surface area contributed by atoms with Crippen LogP contribution in [0.1, 0.15) is 37.8 Å². The lowest BCUT2D eigenvalue weighted by molar-refractivity contribution is 0.776. The Labute approximate surface area is 86.8 Å². The fraction of sp³-hybridized carbons (Fsp3) is 0.500. The summed E-state index contributed by atoms with van der Waals surface area (Å²) >= 11 is 4.49. The Balaban J connectivity index is 2.87. The lowest BCUT2D eigenvalue weighted by atomic mass is 10.0. The van der Waals surface area contributed by atoms with Crippen molar-refractivity contribution in [2.75, 3.05) is 0 Å². The highest BCUT2D eigenvalue weighted by Gasteiger charge is 2.03. The molecule has 0 spiro atoms. The van der Waals surface area contributed by atoms with Crippen LogP contribution in [-0.4, -0.2) is 0 Å². The summed E-state index contributed by atoms with van der Waals surface area (Å²) in [4.78, 5) is 1.16. The molecule has 0 amide bonds. The van der Waals surface area contributed by atoms with Crippen LogP contribution in [0.5, 0.6) is 0 Å². The van der Waals surface area contributed by atoms with Gasteiger partial charge in [0.2, 0.25) is 0 Å². The molecule has 0 bridgehead atoms. The van der Waals surface area contributed by atoms with Crippen LogP contribution in [0, 0.1) is 0 Å². The molecule has 1 aromatic carbocycles. The number of aryl methyl sites for hydroxylation is 1. The van der Waals surface area contributed by atoms with Crippen LogP contribution in [0.3, 0.4) is 0 Å². The SMILES string of the molecule is CCCCc1c(S)cccc1CC. The van der Waals surface area contributed by atoms with Gasteiger partial charge < -0.3 is 0 Å². The Morgan fingerprint density at radius 2 is 2.00 bits per heavy atom. The van der Waals surface area contributed by atoms with E-state index in [1.807, 2.05) is 0 Å². The van der Waals surface area contributed by atoms with Crippen LogP contribution in [-0.2, 0) is 12.8 Å². The molecule has 0 N–H and O–H groups in total. The Hall–Kier alpha value is -0.430. The summed E-state index contributed by atoms with van der Waals surface area (Å²) in [5.74, 6) is 0. The largest absolute Gasteiger partial charge is 0.143 e. The van der Waals surface area contributed by atoms with Gasteiger partial charge in [-0.2, -0.15) is 0 Å². The first-order valence-electron chi connectivity index (χ1n) is 5.09. The van der Waals surface area contributed by atoms with Crippen LogP contribution in [0.25, 0.3) is 0 Å². The van der Waals surface area contributed by atoms with Gasteiger partial charge >= 0.3 is 0 Å². The van der Waals surface area contributed by atoms with Crippen molar-refractivity contribution >= 4 is 12.6 Å². The van der Waals surface area contributed by atoms with E-state index in [0.717, 1.165) is 11.3 Å². The van der Waals surface area contributed by atoms with Gasteiger partial charge in [-0.15, -0.1) is 12.6 Å². The van der Waals surface area contributed by atoms with Crippen molar-refractivity contribution in [3.63, 3.8) is 0 Å². The minimum absolute atomic E-state index is 1.12. The van der Waals surface area contributed by atoms with Crippen molar-refractivity contribution in [2.24, 2.45) is 0 Å². The maximum atomic E-state index is 4.49. The second-order valence-electron chi connectivity index (χ2n) is 3.37. The van der Waals surface area contributed by atoms with Gasteiger partial charge in [0.15, 0.2) is 0 Å². The minimum Gasteiger partial charge on any atom is -0.143 e. The summed E-state index contributed by atoms with van der Waals surface area (Å²) in [5.41, 5.74) is 2.91. The molecule has 0 radical (unpaired) electrons. The van der Waals surface area contributed by atoms with Crippen LogP contribution >= 0.6 is 12.6 Å². The molecule has 0 aliphatic carbocycles. The number of benzene rings is 1. The van der Waals surface area contributed by atoms with E-state index in [1.165, 1.54) is 30.4 Å². The molecule has 0 atom stereocenters. The van der Waals surface area contributed by atoms with Gasteiger partial charge in [0, 0.05) is 4.90 Å². The molecule has 0 aromatic heterocycles. The predicted molar refractivity (Wildman–Crippen MR) is 61.7 cm³/mol. The van der Waals surface area contributed by atoms with Crippen molar-refractivity contribution < 1.29 is 0 Å². The fourth-order valence-electron chi connectivity index (χ4n) is 1.59. The number of thiol groups is 1. The first-order chi connectivity index (χ1) is 6.29. The van der Waals surface area contributed by atoms with Gasteiger partial charge in [-0.25, -0.2) is 0 Å². The summed E-state index contributed by atoms with van der Waals surface area (Å²) in [7, 11) is 0. The molecule has 1 heteroatoms. The van der Waals surface area contributed by atoms with Crippen molar-refractivity contribution in [1.29, 1.82) is 0 Å². The summed E-state index contributed by atoms with van der Waals surface area (Å²) in [6.45, 7) is 4.44. The van der Waals surface area contributed by atoms with Crippen LogP contribution in [0.15, 0.2) is 23.1 Å². The smallest absolute Gasteiger partial charge is 0.00747 e. The molecule has 0 aliphatic heterocycles. The normalized spacial score (nSPS) is 10.4. The first-order valence-corrected chi connectivity index (χ1v) is 5.54. The van der Waals surface area contributed by atoms with Gasteiger partial charge in [0.25, 0.3) is 0 Å². The van der Waals surface area contributed by atoms with Gasteiger partial charge in [0.1, 0.15) is 0 Å². The number of rotatable bonds is 4. The quantitative estimate of drug-likeness (QED) is 0.691. The monoisotopic (exact) mass is 194 g/mol. The molecule has 0 aliphatic rings.